The second kappa shape index (κ2) is 5.14. The summed E-state index contributed by atoms with van der Waals surface area (Å²) in [4.78, 5) is 15.5. The van der Waals surface area contributed by atoms with E-state index in [1.54, 1.807) is 18.2 Å². The molecule has 106 valence electrons. The van der Waals surface area contributed by atoms with Crippen molar-refractivity contribution in [2.45, 2.75) is 0 Å². The number of halogens is 2. The Morgan fingerprint density at radius 1 is 1.33 bits per heavy atom. The SMILES string of the molecule is COc1ccc(Cl)cc1-c1nc2ccc(F)cn2c1N=O. The zero-order valence-electron chi connectivity index (χ0n) is 10.9. The lowest BCUT2D eigenvalue weighted by Gasteiger charge is -2.06. The summed E-state index contributed by atoms with van der Waals surface area (Å²) in [5, 5.41) is 3.43. The molecule has 0 aliphatic heterocycles. The minimum atomic E-state index is -0.491. The molecule has 0 amide bonds. The third-order valence-electron chi connectivity index (χ3n) is 3.06. The number of rotatable bonds is 3. The molecule has 3 aromatic rings. The molecule has 0 saturated carbocycles. The first-order chi connectivity index (χ1) is 10.1. The van der Waals surface area contributed by atoms with Crippen LogP contribution in [0.15, 0.2) is 41.7 Å². The van der Waals surface area contributed by atoms with Crippen LogP contribution in [-0.4, -0.2) is 16.5 Å². The second-order valence-electron chi connectivity index (χ2n) is 4.30. The van der Waals surface area contributed by atoms with E-state index in [1.807, 2.05) is 0 Å². The number of methoxy groups -OCH3 is 1. The van der Waals surface area contributed by atoms with Gasteiger partial charge in [-0.05, 0) is 35.5 Å². The van der Waals surface area contributed by atoms with Crippen LogP contribution in [-0.2, 0) is 0 Å². The van der Waals surface area contributed by atoms with Crippen LogP contribution in [0.25, 0.3) is 16.9 Å². The Labute approximate surface area is 123 Å². The van der Waals surface area contributed by atoms with Crippen LogP contribution in [0, 0.1) is 10.7 Å². The fraction of sp³-hybridized carbons (Fsp3) is 0.0714. The third-order valence-corrected chi connectivity index (χ3v) is 3.30. The molecule has 0 spiro atoms. The molecule has 0 atom stereocenters. The van der Waals surface area contributed by atoms with Crippen molar-refractivity contribution in [3.8, 4) is 17.0 Å². The van der Waals surface area contributed by atoms with Crippen LogP contribution < -0.4 is 4.74 Å². The molecular formula is C14H9ClFN3O2. The van der Waals surface area contributed by atoms with Gasteiger partial charge in [-0.25, -0.2) is 9.37 Å². The molecule has 21 heavy (non-hydrogen) atoms. The highest BCUT2D eigenvalue weighted by molar-refractivity contribution is 6.31. The number of nitroso groups, excluding NO2 is 1. The van der Waals surface area contributed by atoms with Gasteiger partial charge in [-0.2, -0.15) is 0 Å². The van der Waals surface area contributed by atoms with Crippen LogP contribution in [0.5, 0.6) is 5.75 Å². The van der Waals surface area contributed by atoms with E-state index in [9.17, 15) is 9.30 Å². The van der Waals surface area contributed by atoms with Gasteiger partial charge >= 0.3 is 0 Å². The lowest BCUT2D eigenvalue weighted by molar-refractivity contribution is 0.416. The number of ether oxygens (including phenoxy) is 1. The van der Waals surface area contributed by atoms with Gasteiger partial charge in [0.15, 0.2) is 0 Å². The van der Waals surface area contributed by atoms with E-state index in [4.69, 9.17) is 16.3 Å². The summed E-state index contributed by atoms with van der Waals surface area (Å²) in [5.74, 6) is -0.00680. The van der Waals surface area contributed by atoms with Gasteiger partial charge in [0.2, 0.25) is 5.82 Å². The lowest BCUT2D eigenvalue weighted by atomic mass is 10.1. The van der Waals surface area contributed by atoms with Gasteiger partial charge in [-0.1, -0.05) is 11.6 Å². The molecule has 2 aromatic heterocycles. The molecule has 0 saturated heterocycles. The van der Waals surface area contributed by atoms with E-state index in [2.05, 4.69) is 10.2 Å². The minimum Gasteiger partial charge on any atom is -0.496 e. The quantitative estimate of drug-likeness (QED) is 0.681. The maximum Gasteiger partial charge on any atom is 0.209 e. The summed E-state index contributed by atoms with van der Waals surface area (Å²) in [6.07, 6.45) is 1.15. The Hall–Kier alpha value is -2.47. The fourth-order valence-electron chi connectivity index (χ4n) is 2.14. The first-order valence-corrected chi connectivity index (χ1v) is 6.36. The number of pyridine rings is 1. The third kappa shape index (κ3) is 2.23. The first-order valence-electron chi connectivity index (χ1n) is 5.99. The molecule has 1 aromatic carbocycles. The van der Waals surface area contributed by atoms with E-state index in [0.29, 0.717) is 22.0 Å². The van der Waals surface area contributed by atoms with Gasteiger partial charge in [0.1, 0.15) is 22.9 Å². The maximum atomic E-state index is 13.3. The molecule has 5 nitrogen and oxygen atoms in total. The Morgan fingerprint density at radius 3 is 2.86 bits per heavy atom. The predicted octanol–water partition coefficient (Wildman–Crippen LogP) is 4.20. The summed E-state index contributed by atoms with van der Waals surface area (Å²) >= 11 is 5.98. The van der Waals surface area contributed by atoms with Crippen molar-refractivity contribution in [3.63, 3.8) is 0 Å². The molecular weight excluding hydrogens is 297 g/mol. The van der Waals surface area contributed by atoms with Crippen LogP contribution in [0.1, 0.15) is 0 Å². The molecule has 0 bridgehead atoms. The molecule has 7 heteroatoms. The summed E-state index contributed by atoms with van der Waals surface area (Å²) in [7, 11) is 1.50. The Morgan fingerprint density at radius 2 is 2.14 bits per heavy atom. The van der Waals surface area contributed by atoms with Crippen molar-refractivity contribution < 1.29 is 9.13 Å². The molecule has 0 aliphatic rings. The summed E-state index contributed by atoms with van der Waals surface area (Å²) in [6, 6.07) is 7.66. The van der Waals surface area contributed by atoms with Gasteiger partial charge in [-0.3, -0.25) is 4.40 Å². The van der Waals surface area contributed by atoms with Gasteiger partial charge in [-0.15, -0.1) is 4.91 Å². The second-order valence-corrected chi connectivity index (χ2v) is 4.73. The molecule has 3 rings (SSSR count). The Balaban J connectivity index is 2.35. The Bertz CT molecular complexity index is 848. The summed E-state index contributed by atoms with van der Waals surface area (Å²) in [6.45, 7) is 0. The van der Waals surface area contributed by atoms with Crippen molar-refractivity contribution in [3.05, 3.63) is 52.3 Å². The average molecular weight is 306 g/mol. The Kier molecular flexibility index (Phi) is 3.31. The first kappa shape index (κ1) is 13.5. The van der Waals surface area contributed by atoms with Gasteiger partial charge in [0.25, 0.3) is 0 Å². The normalized spacial score (nSPS) is 10.8. The number of imidazole rings is 1. The fourth-order valence-corrected chi connectivity index (χ4v) is 2.31. The van der Waals surface area contributed by atoms with Crippen LogP contribution in [0.3, 0.4) is 0 Å². The monoisotopic (exact) mass is 305 g/mol. The van der Waals surface area contributed by atoms with Crippen LogP contribution >= 0.6 is 11.6 Å². The summed E-state index contributed by atoms with van der Waals surface area (Å²) in [5.41, 5.74) is 1.21. The van der Waals surface area contributed by atoms with Crippen LogP contribution in [0.2, 0.25) is 5.02 Å². The number of benzene rings is 1. The van der Waals surface area contributed by atoms with Crippen molar-refractivity contribution in [1.82, 2.24) is 9.38 Å². The predicted molar refractivity (Wildman–Crippen MR) is 77.6 cm³/mol. The number of hydrogen-bond acceptors (Lipinski definition) is 4. The largest absolute Gasteiger partial charge is 0.496 e. The molecule has 2 heterocycles. The highest BCUT2D eigenvalue weighted by Gasteiger charge is 2.19. The molecule has 0 radical (unpaired) electrons. The van der Waals surface area contributed by atoms with Crippen molar-refractivity contribution >= 4 is 23.1 Å². The van der Waals surface area contributed by atoms with E-state index in [1.165, 1.54) is 23.6 Å². The number of hydrogen-bond donors (Lipinski definition) is 0. The van der Waals surface area contributed by atoms with Gasteiger partial charge < -0.3 is 4.74 Å². The molecule has 0 aliphatic carbocycles. The van der Waals surface area contributed by atoms with E-state index >= 15 is 0 Å². The van der Waals surface area contributed by atoms with Crippen molar-refractivity contribution in [2.75, 3.05) is 7.11 Å². The molecule has 0 N–H and O–H groups in total. The highest BCUT2D eigenvalue weighted by atomic mass is 35.5. The number of nitrogens with zero attached hydrogens (tertiary/aromatic N) is 3. The maximum absolute atomic E-state index is 13.3. The van der Waals surface area contributed by atoms with Gasteiger partial charge in [0, 0.05) is 16.8 Å². The zero-order chi connectivity index (χ0) is 15.0. The smallest absolute Gasteiger partial charge is 0.209 e. The number of fused-ring (bicyclic) bond motifs is 1. The van der Waals surface area contributed by atoms with Crippen LogP contribution in [0.4, 0.5) is 10.2 Å². The minimum absolute atomic E-state index is 0.00920. The van der Waals surface area contributed by atoms with E-state index < -0.39 is 5.82 Å². The zero-order valence-corrected chi connectivity index (χ0v) is 11.6. The molecule has 0 fully saturated rings. The highest BCUT2D eigenvalue weighted by Crippen LogP contribution is 2.38. The van der Waals surface area contributed by atoms with E-state index in [-0.39, 0.29) is 11.5 Å². The van der Waals surface area contributed by atoms with E-state index in [0.717, 1.165) is 6.20 Å². The summed E-state index contributed by atoms with van der Waals surface area (Å²) < 4.78 is 19.9. The average Bonchev–Trinajstić information content (AvgIpc) is 2.84. The number of aromatic nitrogens is 2. The molecule has 0 unspecified atom stereocenters. The van der Waals surface area contributed by atoms with Crippen molar-refractivity contribution in [1.29, 1.82) is 0 Å². The standard InChI is InChI=1S/C14H9ClFN3O2/c1-21-11-4-2-8(15)6-10(11)13-14(18-20)19-7-9(16)3-5-12(19)17-13/h2-7H,1H3. The van der Waals surface area contributed by atoms with Gasteiger partial charge in [0.05, 0.1) is 7.11 Å². The topological polar surface area (TPSA) is 56.0 Å². The lowest BCUT2D eigenvalue weighted by Crippen LogP contribution is -1.88. The van der Waals surface area contributed by atoms with Crippen molar-refractivity contribution in [2.24, 2.45) is 5.18 Å².